The number of hydrogen-bond donors (Lipinski definition) is 1. The number of thiazole rings is 1. The van der Waals surface area contributed by atoms with Gasteiger partial charge in [0.2, 0.25) is 0 Å². The molecule has 0 saturated heterocycles. The Hall–Kier alpha value is -0.650. The van der Waals surface area contributed by atoms with E-state index in [1.165, 1.54) is 4.88 Å². The molecule has 1 heterocycles. The first-order valence-corrected chi connectivity index (χ1v) is 8.38. The van der Waals surface area contributed by atoms with Crippen LogP contribution in [0.15, 0.2) is 0 Å². The van der Waals surface area contributed by atoms with Crippen molar-refractivity contribution in [2.75, 3.05) is 31.7 Å². The van der Waals surface area contributed by atoms with Crippen LogP contribution in [0.3, 0.4) is 0 Å². The maximum atomic E-state index is 5.23. The normalized spacial score (nSPS) is 12.7. The minimum Gasteiger partial charge on any atom is -0.383 e. The monoisotopic (exact) mass is 299 g/mol. The van der Waals surface area contributed by atoms with Crippen LogP contribution >= 0.6 is 11.3 Å². The summed E-state index contributed by atoms with van der Waals surface area (Å²) in [6.45, 7) is 12.4. The number of aromatic nitrogens is 1. The molecule has 0 amide bonds. The maximum absolute atomic E-state index is 5.23. The Morgan fingerprint density at radius 1 is 1.40 bits per heavy atom. The first kappa shape index (κ1) is 17.4. The number of aryl methyl sites for hydroxylation is 1. The van der Waals surface area contributed by atoms with Gasteiger partial charge in [0.15, 0.2) is 5.13 Å². The Balaban J connectivity index is 2.77. The summed E-state index contributed by atoms with van der Waals surface area (Å²) in [5, 5.41) is 4.59. The number of hydrogen-bond acceptors (Lipinski definition) is 5. The van der Waals surface area contributed by atoms with E-state index in [0.29, 0.717) is 6.04 Å². The van der Waals surface area contributed by atoms with Crippen LogP contribution in [0.1, 0.15) is 44.2 Å². The molecular formula is C15H29N3OS. The van der Waals surface area contributed by atoms with E-state index in [9.17, 15) is 0 Å². The summed E-state index contributed by atoms with van der Waals surface area (Å²) in [6.07, 6.45) is 2.28. The molecular weight excluding hydrogens is 270 g/mol. The zero-order chi connectivity index (χ0) is 15.0. The number of nitrogens with one attached hydrogen (secondary N) is 1. The average molecular weight is 299 g/mol. The van der Waals surface area contributed by atoms with Gasteiger partial charge in [0, 0.05) is 31.1 Å². The van der Waals surface area contributed by atoms with Gasteiger partial charge in [-0.3, -0.25) is 0 Å². The molecule has 1 atom stereocenters. The van der Waals surface area contributed by atoms with E-state index in [2.05, 4.69) is 37.9 Å². The van der Waals surface area contributed by atoms with E-state index >= 15 is 0 Å². The first-order valence-electron chi connectivity index (χ1n) is 7.56. The van der Waals surface area contributed by atoms with Crippen LogP contribution < -0.4 is 10.2 Å². The molecule has 0 aliphatic rings. The number of methoxy groups -OCH3 is 1. The summed E-state index contributed by atoms with van der Waals surface area (Å²) in [4.78, 5) is 8.47. The molecule has 0 bridgehead atoms. The van der Waals surface area contributed by atoms with Crippen molar-refractivity contribution in [3.8, 4) is 0 Å². The molecule has 1 unspecified atom stereocenters. The fraction of sp³-hybridized carbons (Fsp3) is 0.800. The van der Waals surface area contributed by atoms with Crippen LogP contribution in [0.2, 0.25) is 0 Å². The molecule has 0 aliphatic heterocycles. The minimum atomic E-state index is 0.493. The zero-order valence-electron chi connectivity index (χ0n) is 13.5. The summed E-state index contributed by atoms with van der Waals surface area (Å²) in [6, 6.07) is 0.493. The highest BCUT2D eigenvalue weighted by Gasteiger charge is 2.18. The molecule has 116 valence electrons. The summed E-state index contributed by atoms with van der Waals surface area (Å²) >= 11 is 1.81. The van der Waals surface area contributed by atoms with E-state index in [1.807, 2.05) is 11.3 Å². The van der Waals surface area contributed by atoms with Gasteiger partial charge >= 0.3 is 0 Å². The highest BCUT2D eigenvalue weighted by atomic mass is 32.1. The van der Waals surface area contributed by atoms with Crippen LogP contribution in [-0.2, 0) is 11.3 Å². The molecule has 1 aromatic heterocycles. The molecule has 20 heavy (non-hydrogen) atoms. The third kappa shape index (κ3) is 5.04. The standard InChI is InChI=1S/C15H29N3OS/c1-6-8-16-11-14-13(4)17-15(20-14)18(9-10-19-5)12(3)7-2/h12,16H,6-11H2,1-5H3. The van der Waals surface area contributed by atoms with Gasteiger partial charge in [-0.1, -0.05) is 13.8 Å². The Bertz CT molecular complexity index is 381. The predicted molar refractivity (Wildman–Crippen MR) is 87.8 cm³/mol. The fourth-order valence-electron chi connectivity index (χ4n) is 1.99. The second kappa shape index (κ2) is 9.32. The highest BCUT2D eigenvalue weighted by Crippen LogP contribution is 2.28. The van der Waals surface area contributed by atoms with Gasteiger partial charge in [-0.15, -0.1) is 11.3 Å². The lowest BCUT2D eigenvalue weighted by Gasteiger charge is -2.27. The summed E-state index contributed by atoms with van der Waals surface area (Å²) < 4.78 is 5.23. The first-order chi connectivity index (χ1) is 9.63. The Morgan fingerprint density at radius 2 is 2.15 bits per heavy atom. The van der Waals surface area contributed by atoms with Crippen LogP contribution in [0, 0.1) is 6.92 Å². The highest BCUT2D eigenvalue weighted by molar-refractivity contribution is 7.15. The van der Waals surface area contributed by atoms with Crippen molar-refractivity contribution in [3.05, 3.63) is 10.6 Å². The van der Waals surface area contributed by atoms with Gasteiger partial charge in [-0.25, -0.2) is 4.98 Å². The lowest BCUT2D eigenvalue weighted by molar-refractivity contribution is 0.203. The second-order valence-corrected chi connectivity index (χ2v) is 6.19. The number of nitrogens with zero attached hydrogens (tertiary/aromatic N) is 2. The van der Waals surface area contributed by atoms with Gasteiger partial charge in [0.25, 0.3) is 0 Å². The lowest BCUT2D eigenvalue weighted by Crippen LogP contribution is -2.35. The molecule has 1 rings (SSSR count). The number of anilines is 1. The number of rotatable bonds is 10. The van der Waals surface area contributed by atoms with Crippen molar-refractivity contribution >= 4 is 16.5 Å². The molecule has 0 saturated carbocycles. The third-order valence-electron chi connectivity index (χ3n) is 3.50. The van der Waals surface area contributed by atoms with Crippen molar-refractivity contribution < 1.29 is 4.74 Å². The maximum Gasteiger partial charge on any atom is 0.186 e. The minimum absolute atomic E-state index is 0.493. The van der Waals surface area contributed by atoms with Crippen LogP contribution in [0.4, 0.5) is 5.13 Å². The molecule has 1 N–H and O–H groups in total. The van der Waals surface area contributed by atoms with Crippen LogP contribution in [0.25, 0.3) is 0 Å². The SMILES string of the molecule is CCCNCc1sc(N(CCOC)C(C)CC)nc1C. The van der Waals surface area contributed by atoms with Crippen molar-refractivity contribution in [1.82, 2.24) is 10.3 Å². The topological polar surface area (TPSA) is 37.4 Å². The molecule has 0 aromatic carbocycles. The largest absolute Gasteiger partial charge is 0.383 e. The van der Waals surface area contributed by atoms with Crippen molar-refractivity contribution in [2.45, 2.75) is 53.1 Å². The lowest BCUT2D eigenvalue weighted by atomic mass is 10.2. The molecule has 0 fully saturated rings. The molecule has 0 aliphatic carbocycles. The Kier molecular flexibility index (Phi) is 8.11. The van der Waals surface area contributed by atoms with E-state index in [-0.39, 0.29) is 0 Å². The predicted octanol–water partition coefficient (Wildman–Crippen LogP) is 3.20. The van der Waals surface area contributed by atoms with Crippen molar-refractivity contribution in [2.24, 2.45) is 0 Å². The molecule has 0 radical (unpaired) electrons. The summed E-state index contributed by atoms with van der Waals surface area (Å²) in [7, 11) is 1.75. The van der Waals surface area contributed by atoms with Crippen LogP contribution in [-0.4, -0.2) is 37.8 Å². The Labute approximate surface area is 127 Å². The Morgan fingerprint density at radius 3 is 2.75 bits per heavy atom. The second-order valence-electron chi connectivity index (χ2n) is 5.13. The third-order valence-corrected chi connectivity index (χ3v) is 4.69. The average Bonchev–Trinajstić information content (AvgIpc) is 2.80. The van der Waals surface area contributed by atoms with E-state index < -0.39 is 0 Å². The number of ether oxygens (including phenoxy) is 1. The van der Waals surface area contributed by atoms with Gasteiger partial charge in [-0.05, 0) is 33.2 Å². The van der Waals surface area contributed by atoms with Gasteiger partial charge < -0.3 is 15.0 Å². The quantitative estimate of drug-likeness (QED) is 0.673. The molecule has 0 spiro atoms. The molecule has 1 aromatic rings. The fourth-order valence-corrected chi connectivity index (χ4v) is 3.15. The van der Waals surface area contributed by atoms with E-state index in [4.69, 9.17) is 9.72 Å². The smallest absolute Gasteiger partial charge is 0.186 e. The molecule has 4 nitrogen and oxygen atoms in total. The van der Waals surface area contributed by atoms with Crippen LogP contribution in [0.5, 0.6) is 0 Å². The van der Waals surface area contributed by atoms with E-state index in [0.717, 1.165) is 49.9 Å². The van der Waals surface area contributed by atoms with Gasteiger partial charge in [-0.2, -0.15) is 0 Å². The van der Waals surface area contributed by atoms with Gasteiger partial charge in [0.05, 0.1) is 12.3 Å². The summed E-state index contributed by atoms with van der Waals surface area (Å²) in [5.74, 6) is 0. The van der Waals surface area contributed by atoms with Crippen molar-refractivity contribution in [1.29, 1.82) is 0 Å². The zero-order valence-corrected chi connectivity index (χ0v) is 14.3. The molecule has 5 heteroatoms. The van der Waals surface area contributed by atoms with E-state index in [1.54, 1.807) is 7.11 Å². The van der Waals surface area contributed by atoms with Crippen molar-refractivity contribution in [3.63, 3.8) is 0 Å². The summed E-state index contributed by atoms with van der Waals surface area (Å²) in [5.41, 5.74) is 1.15. The van der Waals surface area contributed by atoms with Gasteiger partial charge in [0.1, 0.15) is 0 Å².